The fourth-order valence-electron chi connectivity index (χ4n) is 1.18. The van der Waals surface area contributed by atoms with E-state index in [4.69, 9.17) is 16.0 Å². The second kappa shape index (κ2) is 2.28. The van der Waals surface area contributed by atoms with E-state index in [-0.39, 0.29) is 0 Å². The molecule has 0 radical (unpaired) electrons. The van der Waals surface area contributed by atoms with Crippen LogP contribution in [-0.4, -0.2) is 0 Å². The van der Waals surface area contributed by atoms with E-state index in [0.29, 0.717) is 5.02 Å². The molecule has 0 N–H and O–H groups in total. The normalized spacial score (nSPS) is 10.7. The number of aryl methyl sites for hydroxylation is 1. The number of furan rings is 1. The Bertz CT molecular complexity index is 389. The Hall–Kier alpha value is -0.950. The Labute approximate surface area is 69.6 Å². The second-order valence-electron chi connectivity index (χ2n) is 2.59. The van der Waals surface area contributed by atoms with Crippen LogP contribution >= 0.6 is 11.6 Å². The number of fused-ring (bicyclic) bond motifs is 1. The molecule has 1 heterocycles. The van der Waals surface area contributed by atoms with Crippen molar-refractivity contribution in [2.45, 2.75) is 6.92 Å². The van der Waals surface area contributed by atoms with Crippen molar-refractivity contribution < 1.29 is 4.42 Å². The molecule has 1 aromatic heterocycles. The van der Waals surface area contributed by atoms with Crippen molar-refractivity contribution in [2.75, 3.05) is 0 Å². The molecule has 0 saturated carbocycles. The molecule has 0 aliphatic heterocycles. The molecule has 0 aliphatic carbocycles. The maximum atomic E-state index is 5.91. The Kier molecular flexibility index (Phi) is 1.40. The van der Waals surface area contributed by atoms with Gasteiger partial charge in [0.25, 0.3) is 0 Å². The van der Waals surface area contributed by atoms with Crippen molar-refractivity contribution in [2.24, 2.45) is 0 Å². The number of rotatable bonds is 0. The Morgan fingerprint density at radius 2 is 2.18 bits per heavy atom. The molecule has 0 saturated heterocycles. The van der Waals surface area contributed by atoms with E-state index in [9.17, 15) is 0 Å². The van der Waals surface area contributed by atoms with Gasteiger partial charge < -0.3 is 4.42 Å². The molecule has 2 rings (SSSR count). The third kappa shape index (κ3) is 1.02. The first-order valence-corrected chi connectivity index (χ1v) is 3.78. The highest BCUT2D eigenvalue weighted by Gasteiger charge is 2.01. The first-order chi connectivity index (χ1) is 5.27. The van der Waals surface area contributed by atoms with Crippen LogP contribution < -0.4 is 0 Å². The van der Waals surface area contributed by atoms with Crippen LogP contribution in [0.2, 0.25) is 5.02 Å². The van der Waals surface area contributed by atoms with Gasteiger partial charge in [-0.2, -0.15) is 0 Å². The molecule has 0 amide bonds. The molecular weight excluding hydrogens is 160 g/mol. The summed E-state index contributed by atoms with van der Waals surface area (Å²) in [5.41, 5.74) is 1.93. The van der Waals surface area contributed by atoms with E-state index in [1.54, 1.807) is 6.26 Å². The van der Waals surface area contributed by atoms with Crippen molar-refractivity contribution in [1.29, 1.82) is 0 Å². The van der Waals surface area contributed by atoms with Gasteiger partial charge in [0.2, 0.25) is 0 Å². The van der Waals surface area contributed by atoms with Crippen LogP contribution in [0.3, 0.4) is 0 Å². The Morgan fingerprint density at radius 1 is 1.36 bits per heavy atom. The molecule has 0 atom stereocenters. The van der Waals surface area contributed by atoms with Crippen LogP contribution in [0.4, 0.5) is 0 Å². The zero-order valence-corrected chi connectivity index (χ0v) is 6.85. The lowest BCUT2D eigenvalue weighted by molar-refractivity contribution is 0.616. The number of hydrogen-bond donors (Lipinski definition) is 0. The van der Waals surface area contributed by atoms with E-state index < -0.39 is 0 Å². The third-order valence-corrected chi connectivity index (χ3v) is 1.93. The minimum Gasteiger partial charge on any atom is -0.463 e. The minimum atomic E-state index is 0.685. The van der Waals surface area contributed by atoms with Gasteiger partial charge in [-0.3, -0.25) is 0 Å². The fourth-order valence-corrected chi connectivity index (χ4v) is 1.51. The highest BCUT2D eigenvalue weighted by molar-refractivity contribution is 6.34. The van der Waals surface area contributed by atoms with Crippen molar-refractivity contribution in [1.82, 2.24) is 0 Å². The quantitative estimate of drug-likeness (QED) is 0.585. The fraction of sp³-hybridized carbons (Fsp3) is 0.111. The van der Waals surface area contributed by atoms with E-state index in [1.165, 1.54) is 0 Å². The molecule has 11 heavy (non-hydrogen) atoms. The van der Waals surface area contributed by atoms with Crippen molar-refractivity contribution in [3.63, 3.8) is 0 Å². The van der Waals surface area contributed by atoms with Crippen molar-refractivity contribution in [3.05, 3.63) is 35.0 Å². The molecule has 0 fully saturated rings. The summed E-state index contributed by atoms with van der Waals surface area (Å²) in [5, 5.41) is 1.75. The van der Waals surface area contributed by atoms with Crippen LogP contribution in [0.1, 0.15) is 5.56 Å². The summed E-state index contributed by atoms with van der Waals surface area (Å²) in [6.07, 6.45) is 1.65. The SMILES string of the molecule is Cc1cc(Cl)c2occc2c1. The summed E-state index contributed by atoms with van der Waals surface area (Å²) in [6.45, 7) is 2.01. The van der Waals surface area contributed by atoms with Crippen LogP contribution in [0.5, 0.6) is 0 Å². The smallest absolute Gasteiger partial charge is 0.152 e. The average Bonchev–Trinajstić information content (AvgIpc) is 2.34. The molecule has 2 heteroatoms. The van der Waals surface area contributed by atoms with E-state index >= 15 is 0 Å². The third-order valence-electron chi connectivity index (χ3n) is 1.65. The monoisotopic (exact) mass is 166 g/mol. The van der Waals surface area contributed by atoms with Gasteiger partial charge in [0.05, 0.1) is 11.3 Å². The number of halogens is 1. The Balaban J connectivity index is 2.91. The summed E-state index contributed by atoms with van der Waals surface area (Å²) >= 11 is 5.91. The zero-order valence-electron chi connectivity index (χ0n) is 6.10. The minimum absolute atomic E-state index is 0.685. The molecule has 1 aromatic carbocycles. The standard InChI is InChI=1S/C9H7ClO/c1-6-4-7-2-3-11-9(7)8(10)5-6/h2-5H,1H3. The predicted octanol–water partition coefficient (Wildman–Crippen LogP) is 3.39. The van der Waals surface area contributed by atoms with Gasteiger partial charge in [-0.05, 0) is 30.7 Å². The van der Waals surface area contributed by atoms with Crippen LogP contribution in [0.15, 0.2) is 28.9 Å². The maximum absolute atomic E-state index is 5.91. The topological polar surface area (TPSA) is 13.1 Å². The average molecular weight is 167 g/mol. The van der Waals surface area contributed by atoms with Crippen molar-refractivity contribution in [3.8, 4) is 0 Å². The predicted molar refractivity (Wildman–Crippen MR) is 46.0 cm³/mol. The largest absolute Gasteiger partial charge is 0.463 e. The van der Waals surface area contributed by atoms with E-state index in [2.05, 4.69) is 0 Å². The number of benzene rings is 1. The summed E-state index contributed by atoms with van der Waals surface area (Å²) in [6, 6.07) is 5.85. The van der Waals surface area contributed by atoms with Gasteiger partial charge in [0.1, 0.15) is 0 Å². The maximum Gasteiger partial charge on any atom is 0.152 e. The zero-order chi connectivity index (χ0) is 7.84. The highest BCUT2D eigenvalue weighted by Crippen LogP contribution is 2.25. The van der Waals surface area contributed by atoms with Gasteiger partial charge in [-0.15, -0.1) is 0 Å². The summed E-state index contributed by atoms with van der Waals surface area (Å²) in [4.78, 5) is 0. The lowest BCUT2D eigenvalue weighted by Gasteiger charge is -1.94. The van der Waals surface area contributed by atoms with Crippen LogP contribution in [-0.2, 0) is 0 Å². The summed E-state index contributed by atoms with van der Waals surface area (Å²) in [5.74, 6) is 0. The van der Waals surface area contributed by atoms with E-state index in [1.807, 2.05) is 25.1 Å². The van der Waals surface area contributed by atoms with Gasteiger partial charge in [0.15, 0.2) is 5.58 Å². The van der Waals surface area contributed by atoms with Gasteiger partial charge in [0, 0.05) is 5.39 Å². The first-order valence-electron chi connectivity index (χ1n) is 3.41. The van der Waals surface area contributed by atoms with Gasteiger partial charge in [-0.25, -0.2) is 0 Å². The highest BCUT2D eigenvalue weighted by atomic mass is 35.5. The van der Waals surface area contributed by atoms with Crippen LogP contribution in [0.25, 0.3) is 11.0 Å². The molecule has 0 bridgehead atoms. The van der Waals surface area contributed by atoms with E-state index in [0.717, 1.165) is 16.5 Å². The van der Waals surface area contributed by atoms with Gasteiger partial charge in [-0.1, -0.05) is 11.6 Å². The summed E-state index contributed by atoms with van der Waals surface area (Å²) in [7, 11) is 0. The number of hydrogen-bond acceptors (Lipinski definition) is 1. The second-order valence-corrected chi connectivity index (χ2v) is 2.99. The molecule has 0 spiro atoms. The first kappa shape index (κ1) is 6.74. The molecule has 0 unspecified atom stereocenters. The molecule has 2 aromatic rings. The van der Waals surface area contributed by atoms with Crippen molar-refractivity contribution >= 4 is 22.6 Å². The Morgan fingerprint density at radius 3 is 3.00 bits per heavy atom. The molecular formula is C9H7ClO. The lowest BCUT2D eigenvalue weighted by Crippen LogP contribution is -1.71. The van der Waals surface area contributed by atoms with Crippen LogP contribution in [0, 0.1) is 6.92 Å². The lowest BCUT2D eigenvalue weighted by atomic mass is 10.2. The molecule has 0 aliphatic rings. The summed E-state index contributed by atoms with van der Waals surface area (Å²) < 4.78 is 5.17. The molecule has 1 nitrogen and oxygen atoms in total. The molecule has 56 valence electrons. The van der Waals surface area contributed by atoms with Gasteiger partial charge >= 0.3 is 0 Å².